The van der Waals surface area contributed by atoms with E-state index in [2.05, 4.69) is 5.32 Å². The van der Waals surface area contributed by atoms with Gasteiger partial charge in [0, 0.05) is 6.08 Å². The highest BCUT2D eigenvalue weighted by atomic mass is 32.1. The van der Waals surface area contributed by atoms with E-state index in [-0.39, 0.29) is 5.91 Å². The van der Waals surface area contributed by atoms with E-state index in [9.17, 15) is 4.79 Å². The molecule has 0 bridgehead atoms. The highest BCUT2D eigenvalue weighted by Crippen LogP contribution is 2.25. The number of nitrogens with one attached hydrogen (secondary N) is 1. The van der Waals surface area contributed by atoms with Crippen molar-refractivity contribution in [2.45, 2.75) is 13.8 Å². The molecule has 1 saturated heterocycles. The van der Waals surface area contributed by atoms with Crippen LogP contribution in [0.3, 0.4) is 0 Å². The summed E-state index contributed by atoms with van der Waals surface area (Å²) < 4.78 is 5.46. The quantitative estimate of drug-likeness (QED) is 0.683. The van der Waals surface area contributed by atoms with Crippen LogP contribution in [0.4, 0.5) is 5.69 Å². The molecular formula is C16H14N2O2S. The van der Waals surface area contributed by atoms with Crippen LogP contribution in [0.15, 0.2) is 46.5 Å². The van der Waals surface area contributed by atoms with Gasteiger partial charge in [-0.05, 0) is 49.8 Å². The zero-order valence-corrected chi connectivity index (χ0v) is 12.5. The smallest absolute Gasteiger partial charge is 0.281 e. The van der Waals surface area contributed by atoms with Crippen LogP contribution >= 0.6 is 12.2 Å². The molecule has 3 rings (SSSR count). The topological polar surface area (TPSA) is 45.5 Å². The van der Waals surface area contributed by atoms with Crippen LogP contribution in [0.5, 0.6) is 0 Å². The summed E-state index contributed by atoms with van der Waals surface area (Å²) in [6.07, 6.45) is 1.67. The second-order valence-electron chi connectivity index (χ2n) is 4.86. The van der Waals surface area contributed by atoms with Gasteiger partial charge in [0.05, 0.1) is 5.69 Å². The first-order valence-electron chi connectivity index (χ1n) is 6.55. The number of nitrogens with zero attached hydrogens (tertiary/aromatic N) is 1. The molecule has 4 nitrogen and oxygen atoms in total. The van der Waals surface area contributed by atoms with Gasteiger partial charge in [-0.3, -0.25) is 9.69 Å². The standard InChI is InChI=1S/C16H14N2O2S/c1-10-5-3-4-6-14(10)18-15(19)13(17-16(18)21)9-12-8-7-11(2)20-12/h3-9H,1-2H3,(H,17,21)/b13-9-. The summed E-state index contributed by atoms with van der Waals surface area (Å²) >= 11 is 5.28. The molecule has 5 heteroatoms. The number of furan rings is 1. The number of rotatable bonds is 2. The fraction of sp³-hybridized carbons (Fsp3) is 0.125. The van der Waals surface area contributed by atoms with Crippen LogP contribution in [0.2, 0.25) is 0 Å². The van der Waals surface area contributed by atoms with Gasteiger partial charge >= 0.3 is 0 Å². The van der Waals surface area contributed by atoms with Gasteiger partial charge in [0.2, 0.25) is 0 Å². The average Bonchev–Trinajstić information content (AvgIpc) is 2.96. The summed E-state index contributed by atoms with van der Waals surface area (Å²) in [5, 5.41) is 3.32. The Kier molecular flexibility index (Phi) is 3.35. The van der Waals surface area contributed by atoms with Crippen molar-refractivity contribution in [2.24, 2.45) is 0 Å². The summed E-state index contributed by atoms with van der Waals surface area (Å²) in [6.45, 7) is 3.80. The maximum atomic E-state index is 12.5. The molecule has 0 radical (unpaired) electrons. The number of carbonyl (C=O) groups is 1. The molecule has 0 spiro atoms. The monoisotopic (exact) mass is 298 g/mol. The normalized spacial score (nSPS) is 16.7. The Labute approximate surface area is 128 Å². The molecule has 1 aliphatic rings. The average molecular weight is 298 g/mol. The van der Waals surface area contributed by atoms with Crippen LogP contribution in [-0.4, -0.2) is 11.0 Å². The van der Waals surface area contributed by atoms with E-state index in [1.807, 2.05) is 50.2 Å². The van der Waals surface area contributed by atoms with E-state index in [1.54, 1.807) is 6.08 Å². The van der Waals surface area contributed by atoms with E-state index in [0.717, 1.165) is 17.0 Å². The summed E-state index contributed by atoms with van der Waals surface area (Å²) in [5.41, 5.74) is 2.20. The Bertz CT molecular complexity index is 761. The van der Waals surface area contributed by atoms with Crippen LogP contribution in [0, 0.1) is 13.8 Å². The third-order valence-electron chi connectivity index (χ3n) is 3.28. The lowest BCUT2D eigenvalue weighted by Gasteiger charge is -2.16. The van der Waals surface area contributed by atoms with Crippen LogP contribution in [0.1, 0.15) is 17.1 Å². The lowest BCUT2D eigenvalue weighted by Crippen LogP contribution is -2.30. The molecule has 1 aromatic heterocycles. The Balaban J connectivity index is 1.96. The number of aryl methyl sites for hydroxylation is 2. The lowest BCUT2D eigenvalue weighted by atomic mass is 10.2. The van der Waals surface area contributed by atoms with Crippen LogP contribution in [-0.2, 0) is 4.79 Å². The van der Waals surface area contributed by atoms with E-state index in [0.29, 0.717) is 16.6 Å². The van der Waals surface area contributed by atoms with Crippen molar-refractivity contribution in [1.29, 1.82) is 0 Å². The number of anilines is 1. The number of hydrogen-bond acceptors (Lipinski definition) is 3. The van der Waals surface area contributed by atoms with Crippen molar-refractivity contribution >= 4 is 35.0 Å². The molecule has 21 heavy (non-hydrogen) atoms. The maximum absolute atomic E-state index is 12.5. The van der Waals surface area contributed by atoms with Crippen LogP contribution < -0.4 is 10.2 Å². The number of hydrogen-bond donors (Lipinski definition) is 1. The summed E-state index contributed by atoms with van der Waals surface area (Å²) in [4.78, 5) is 14.1. The number of carbonyl (C=O) groups excluding carboxylic acids is 1. The van der Waals surface area contributed by atoms with Crippen molar-refractivity contribution in [3.63, 3.8) is 0 Å². The molecule has 106 valence electrons. The van der Waals surface area contributed by atoms with Gasteiger partial charge in [-0.25, -0.2) is 0 Å². The molecule has 1 amide bonds. The van der Waals surface area contributed by atoms with E-state index >= 15 is 0 Å². The second kappa shape index (κ2) is 5.18. The van der Waals surface area contributed by atoms with Crippen LogP contribution in [0.25, 0.3) is 6.08 Å². The minimum Gasteiger partial charge on any atom is -0.462 e. The SMILES string of the molecule is Cc1ccc(/C=C2\NC(=S)N(c3ccccc3C)C2=O)o1. The Hall–Kier alpha value is -2.40. The van der Waals surface area contributed by atoms with Crippen molar-refractivity contribution in [3.05, 3.63) is 59.2 Å². The highest BCUT2D eigenvalue weighted by molar-refractivity contribution is 7.80. The Morgan fingerprint density at radius 1 is 1.19 bits per heavy atom. The Morgan fingerprint density at radius 2 is 1.95 bits per heavy atom. The number of benzene rings is 1. The summed E-state index contributed by atoms with van der Waals surface area (Å²) in [7, 11) is 0. The largest absolute Gasteiger partial charge is 0.462 e. The zero-order chi connectivity index (χ0) is 15.0. The first-order valence-corrected chi connectivity index (χ1v) is 6.96. The molecule has 1 aliphatic heterocycles. The number of para-hydroxylation sites is 1. The molecule has 0 atom stereocenters. The first kappa shape index (κ1) is 13.6. The molecule has 2 aromatic rings. The minimum atomic E-state index is -0.177. The molecule has 0 unspecified atom stereocenters. The first-order chi connectivity index (χ1) is 10.1. The minimum absolute atomic E-state index is 0.177. The fourth-order valence-electron chi connectivity index (χ4n) is 2.24. The summed E-state index contributed by atoms with van der Waals surface area (Å²) in [5.74, 6) is 1.24. The number of amides is 1. The molecule has 0 aliphatic carbocycles. The second-order valence-corrected chi connectivity index (χ2v) is 5.25. The van der Waals surface area contributed by atoms with Gasteiger partial charge in [-0.1, -0.05) is 18.2 Å². The zero-order valence-electron chi connectivity index (χ0n) is 11.7. The highest BCUT2D eigenvalue weighted by Gasteiger charge is 2.32. The maximum Gasteiger partial charge on any atom is 0.281 e. The van der Waals surface area contributed by atoms with Crippen molar-refractivity contribution in [1.82, 2.24) is 5.32 Å². The van der Waals surface area contributed by atoms with Gasteiger partial charge < -0.3 is 9.73 Å². The predicted octanol–water partition coefficient (Wildman–Crippen LogP) is 3.16. The Morgan fingerprint density at radius 3 is 2.62 bits per heavy atom. The van der Waals surface area contributed by atoms with Gasteiger partial charge in [0.25, 0.3) is 5.91 Å². The molecule has 1 fully saturated rings. The van der Waals surface area contributed by atoms with Crippen molar-refractivity contribution < 1.29 is 9.21 Å². The van der Waals surface area contributed by atoms with Gasteiger partial charge in [-0.2, -0.15) is 0 Å². The third-order valence-corrected chi connectivity index (χ3v) is 3.57. The van der Waals surface area contributed by atoms with E-state index in [1.165, 1.54) is 4.90 Å². The molecule has 1 N–H and O–H groups in total. The lowest BCUT2D eigenvalue weighted by molar-refractivity contribution is -0.113. The fourth-order valence-corrected chi connectivity index (χ4v) is 2.53. The van der Waals surface area contributed by atoms with Crippen molar-refractivity contribution in [2.75, 3.05) is 4.90 Å². The van der Waals surface area contributed by atoms with Crippen molar-refractivity contribution in [3.8, 4) is 0 Å². The molecule has 0 saturated carbocycles. The third kappa shape index (κ3) is 2.48. The predicted molar refractivity (Wildman–Crippen MR) is 85.8 cm³/mol. The van der Waals surface area contributed by atoms with Gasteiger partial charge in [0.1, 0.15) is 17.2 Å². The molecule has 2 heterocycles. The van der Waals surface area contributed by atoms with Gasteiger partial charge in [0.15, 0.2) is 5.11 Å². The van der Waals surface area contributed by atoms with E-state index < -0.39 is 0 Å². The number of thiocarbonyl (C=S) groups is 1. The summed E-state index contributed by atoms with van der Waals surface area (Å²) in [6, 6.07) is 11.3. The molecule has 1 aromatic carbocycles. The molecular weight excluding hydrogens is 284 g/mol. The van der Waals surface area contributed by atoms with Gasteiger partial charge in [-0.15, -0.1) is 0 Å². The van der Waals surface area contributed by atoms with E-state index in [4.69, 9.17) is 16.6 Å².